The molecule has 0 bridgehead atoms. The number of benzene rings is 1. The van der Waals surface area contributed by atoms with Gasteiger partial charge in [-0.3, -0.25) is 4.79 Å². The SMILES string of the molecule is COc1cc(OC)c(C(=O)OCC(=O)N(C)C2(C#N)CCCCC2)cc1OC. The molecule has 0 aromatic heterocycles. The third kappa shape index (κ3) is 4.30. The molecular formula is C20H26N2O6. The van der Waals surface area contributed by atoms with E-state index in [1.165, 1.54) is 38.4 Å². The summed E-state index contributed by atoms with van der Waals surface area (Å²) >= 11 is 0. The summed E-state index contributed by atoms with van der Waals surface area (Å²) in [6.45, 7) is -0.462. The molecule has 1 aliphatic rings. The Kier molecular flexibility index (Phi) is 7.10. The lowest BCUT2D eigenvalue weighted by atomic mass is 9.81. The molecule has 1 aromatic rings. The second-order valence-electron chi connectivity index (χ2n) is 6.64. The van der Waals surface area contributed by atoms with Gasteiger partial charge < -0.3 is 23.8 Å². The van der Waals surface area contributed by atoms with E-state index in [1.54, 1.807) is 7.05 Å². The molecule has 28 heavy (non-hydrogen) atoms. The molecule has 1 aliphatic carbocycles. The summed E-state index contributed by atoms with van der Waals surface area (Å²) in [5, 5.41) is 9.60. The maximum atomic E-state index is 12.5. The van der Waals surface area contributed by atoms with Crippen LogP contribution in [0.5, 0.6) is 17.2 Å². The number of hydrogen-bond donors (Lipinski definition) is 0. The largest absolute Gasteiger partial charge is 0.496 e. The van der Waals surface area contributed by atoms with Crippen molar-refractivity contribution in [3.05, 3.63) is 17.7 Å². The van der Waals surface area contributed by atoms with Crippen molar-refractivity contribution in [1.82, 2.24) is 4.90 Å². The molecule has 1 aromatic carbocycles. The number of nitrogens with zero attached hydrogens (tertiary/aromatic N) is 2. The molecule has 8 heteroatoms. The van der Waals surface area contributed by atoms with Crippen molar-refractivity contribution in [2.45, 2.75) is 37.6 Å². The highest BCUT2D eigenvalue weighted by Crippen LogP contribution is 2.35. The number of esters is 1. The fraction of sp³-hybridized carbons (Fsp3) is 0.550. The fourth-order valence-corrected chi connectivity index (χ4v) is 3.39. The van der Waals surface area contributed by atoms with Crippen LogP contribution < -0.4 is 14.2 Å². The van der Waals surface area contributed by atoms with Crippen molar-refractivity contribution in [2.75, 3.05) is 35.0 Å². The number of carbonyl (C=O) groups is 2. The normalized spacial score (nSPS) is 15.1. The summed E-state index contributed by atoms with van der Waals surface area (Å²) < 4.78 is 20.8. The van der Waals surface area contributed by atoms with Crippen LogP contribution in [0.25, 0.3) is 0 Å². The van der Waals surface area contributed by atoms with Crippen molar-refractivity contribution >= 4 is 11.9 Å². The van der Waals surface area contributed by atoms with Crippen molar-refractivity contribution in [2.24, 2.45) is 0 Å². The first kappa shape index (κ1) is 21.4. The molecule has 0 radical (unpaired) electrons. The quantitative estimate of drug-likeness (QED) is 0.660. The van der Waals surface area contributed by atoms with Gasteiger partial charge in [-0.1, -0.05) is 19.3 Å². The Morgan fingerprint density at radius 2 is 1.61 bits per heavy atom. The Morgan fingerprint density at radius 1 is 1.04 bits per heavy atom. The molecule has 0 atom stereocenters. The molecule has 152 valence electrons. The minimum absolute atomic E-state index is 0.114. The van der Waals surface area contributed by atoms with E-state index in [2.05, 4.69) is 6.07 Å². The van der Waals surface area contributed by atoms with Gasteiger partial charge in [-0.2, -0.15) is 5.26 Å². The maximum Gasteiger partial charge on any atom is 0.342 e. The molecule has 2 rings (SSSR count). The molecule has 0 unspecified atom stereocenters. The molecule has 0 spiro atoms. The van der Waals surface area contributed by atoms with Crippen LogP contribution in [0.2, 0.25) is 0 Å². The Bertz CT molecular complexity index is 765. The van der Waals surface area contributed by atoms with Crippen molar-refractivity contribution in [3.63, 3.8) is 0 Å². The molecular weight excluding hydrogens is 364 g/mol. The van der Waals surface area contributed by atoms with Crippen molar-refractivity contribution in [1.29, 1.82) is 5.26 Å². The average Bonchev–Trinajstić information content (AvgIpc) is 2.75. The van der Waals surface area contributed by atoms with Gasteiger partial charge in [0.15, 0.2) is 18.1 Å². The first-order valence-corrected chi connectivity index (χ1v) is 9.07. The first-order valence-electron chi connectivity index (χ1n) is 9.07. The number of amides is 1. The van der Waals surface area contributed by atoms with E-state index in [0.29, 0.717) is 24.3 Å². The summed E-state index contributed by atoms with van der Waals surface area (Å²) in [5.74, 6) is -0.168. The van der Waals surface area contributed by atoms with Gasteiger partial charge in [0.25, 0.3) is 5.91 Å². The van der Waals surface area contributed by atoms with Gasteiger partial charge in [0, 0.05) is 19.2 Å². The summed E-state index contributed by atoms with van der Waals surface area (Å²) in [5.41, 5.74) is -0.716. The highest BCUT2D eigenvalue weighted by Gasteiger charge is 2.39. The van der Waals surface area contributed by atoms with Gasteiger partial charge in [0.05, 0.1) is 27.4 Å². The number of hydrogen-bond acceptors (Lipinski definition) is 7. The number of methoxy groups -OCH3 is 3. The minimum Gasteiger partial charge on any atom is -0.496 e. The smallest absolute Gasteiger partial charge is 0.342 e. The average molecular weight is 390 g/mol. The van der Waals surface area contributed by atoms with E-state index in [1.807, 2.05) is 0 Å². The second kappa shape index (κ2) is 9.31. The molecule has 1 fully saturated rings. The molecule has 0 saturated heterocycles. The Hall–Kier alpha value is -2.95. The van der Waals surface area contributed by atoms with E-state index in [-0.39, 0.29) is 11.3 Å². The van der Waals surface area contributed by atoms with Gasteiger partial charge in [0.2, 0.25) is 0 Å². The monoisotopic (exact) mass is 390 g/mol. The summed E-state index contributed by atoms with van der Waals surface area (Å²) in [7, 11) is 5.92. The van der Waals surface area contributed by atoms with E-state index in [9.17, 15) is 14.9 Å². The number of rotatable bonds is 7. The lowest BCUT2D eigenvalue weighted by Gasteiger charge is -2.38. The molecule has 8 nitrogen and oxygen atoms in total. The third-order valence-corrected chi connectivity index (χ3v) is 5.16. The maximum absolute atomic E-state index is 12.5. The van der Waals surface area contributed by atoms with Gasteiger partial charge in [-0.25, -0.2) is 4.79 Å². The van der Waals surface area contributed by atoms with Crippen molar-refractivity contribution in [3.8, 4) is 23.3 Å². The Labute approximate surface area is 164 Å². The van der Waals surface area contributed by atoms with E-state index >= 15 is 0 Å². The van der Waals surface area contributed by atoms with Gasteiger partial charge in [0.1, 0.15) is 16.9 Å². The number of nitriles is 1. The van der Waals surface area contributed by atoms with E-state index < -0.39 is 24.0 Å². The minimum atomic E-state index is -0.831. The molecule has 0 heterocycles. The fourth-order valence-electron chi connectivity index (χ4n) is 3.39. The van der Waals surface area contributed by atoms with Crippen LogP contribution in [0.1, 0.15) is 42.5 Å². The predicted octanol–water partition coefficient (Wildman–Crippen LogP) is 2.55. The zero-order valence-corrected chi connectivity index (χ0v) is 16.7. The van der Waals surface area contributed by atoms with E-state index in [4.69, 9.17) is 18.9 Å². The summed E-state index contributed by atoms with van der Waals surface area (Å²) in [6, 6.07) is 5.22. The molecule has 1 saturated carbocycles. The molecule has 1 amide bonds. The highest BCUT2D eigenvalue weighted by molar-refractivity contribution is 5.95. The van der Waals surface area contributed by atoms with Crippen LogP contribution in [0.15, 0.2) is 12.1 Å². The standard InChI is InChI=1S/C20H26N2O6/c1-22(20(13-21)8-6-5-7-9-20)18(23)12-28-19(24)14-10-16(26-3)17(27-4)11-15(14)25-2/h10-11H,5-9,12H2,1-4H3. The van der Waals surface area contributed by atoms with Gasteiger partial charge >= 0.3 is 5.97 Å². The Morgan fingerprint density at radius 3 is 2.14 bits per heavy atom. The molecule has 0 N–H and O–H groups in total. The summed E-state index contributed by atoms with van der Waals surface area (Å²) in [6.07, 6.45) is 4.10. The van der Waals surface area contributed by atoms with E-state index in [0.717, 1.165) is 19.3 Å². The van der Waals surface area contributed by atoms with Crippen LogP contribution in [-0.4, -0.2) is 57.3 Å². The van der Waals surface area contributed by atoms with Gasteiger partial charge in [-0.15, -0.1) is 0 Å². The zero-order chi connectivity index (χ0) is 20.7. The Balaban J connectivity index is 2.11. The second-order valence-corrected chi connectivity index (χ2v) is 6.64. The number of carbonyl (C=O) groups excluding carboxylic acids is 2. The lowest BCUT2D eigenvalue weighted by Crippen LogP contribution is -2.51. The van der Waals surface area contributed by atoms with Crippen molar-refractivity contribution < 1.29 is 28.5 Å². The number of likely N-dealkylation sites (N-methyl/N-ethyl adjacent to an activating group) is 1. The zero-order valence-electron chi connectivity index (χ0n) is 16.7. The third-order valence-electron chi connectivity index (χ3n) is 5.16. The summed E-state index contributed by atoms with van der Waals surface area (Å²) in [4.78, 5) is 26.5. The number of ether oxygens (including phenoxy) is 4. The van der Waals surface area contributed by atoms with Crippen LogP contribution in [0, 0.1) is 11.3 Å². The molecule has 0 aliphatic heterocycles. The van der Waals surface area contributed by atoms with Gasteiger partial charge in [-0.05, 0) is 12.8 Å². The predicted molar refractivity (Wildman–Crippen MR) is 101 cm³/mol. The van der Waals surface area contributed by atoms with Crippen LogP contribution in [0.4, 0.5) is 0 Å². The first-order chi connectivity index (χ1) is 13.4. The lowest BCUT2D eigenvalue weighted by molar-refractivity contribution is -0.138. The van der Waals surface area contributed by atoms with Crippen LogP contribution >= 0.6 is 0 Å². The topological polar surface area (TPSA) is 98.1 Å². The highest BCUT2D eigenvalue weighted by atomic mass is 16.5. The van der Waals surface area contributed by atoms with Crippen LogP contribution in [0.3, 0.4) is 0 Å². The van der Waals surface area contributed by atoms with Crippen LogP contribution in [-0.2, 0) is 9.53 Å².